The number of benzene rings is 2. The Kier molecular flexibility index (Phi) is 6.19. The molecule has 0 saturated heterocycles. The summed E-state index contributed by atoms with van der Waals surface area (Å²) in [5, 5.41) is 12.8. The van der Waals surface area contributed by atoms with Crippen LogP contribution in [0.2, 0.25) is 10.0 Å². The summed E-state index contributed by atoms with van der Waals surface area (Å²) in [5.41, 5.74) is 1.50. The van der Waals surface area contributed by atoms with Gasteiger partial charge in [0.2, 0.25) is 5.91 Å². The molecule has 8 heteroatoms. The fourth-order valence-corrected chi connectivity index (χ4v) is 3.59. The first-order valence-corrected chi connectivity index (χ1v) is 9.70. The van der Waals surface area contributed by atoms with E-state index in [1.807, 2.05) is 41.8 Å². The molecule has 0 atom stereocenters. The molecule has 0 unspecified atom stereocenters. The van der Waals surface area contributed by atoms with E-state index in [4.69, 9.17) is 23.2 Å². The lowest BCUT2D eigenvalue weighted by Crippen LogP contribution is -2.15. The number of rotatable bonds is 6. The summed E-state index contributed by atoms with van der Waals surface area (Å²) in [5.74, 6) is 0.855. The number of carbonyl (C=O) groups excluding carboxylic acids is 1. The van der Waals surface area contributed by atoms with Gasteiger partial charge in [-0.3, -0.25) is 9.36 Å². The number of halogens is 2. The zero-order chi connectivity index (χ0) is 18.5. The van der Waals surface area contributed by atoms with Crippen molar-refractivity contribution < 1.29 is 4.79 Å². The van der Waals surface area contributed by atoms with E-state index in [0.29, 0.717) is 20.9 Å². The fraction of sp³-hybridized carbons (Fsp3) is 0.167. The second kappa shape index (κ2) is 8.58. The maximum absolute atomic E-state index is 12.3. The lowest BCUT2D eigenvalue weighted by molar-refractivity contribution is -0.113. The van der Waals surface area contributed by atoms with Crippen LogP contribution in [0.25, 0.3) is 5.69 Å². The number of carbonyl (C=O) groups is 1. The number of hydrogen-bond acceptors (Lipinski definition) is 4. The summed E-state index contributed by atoms with van der Waals surface area (Å²) >= 11 is 13.3. The number of anilines is 1. The zero-order valence-corrected chi connectivity index (χ0v) is 16.3. The van der Waals surface area contributed by atoms with Crippen molar-refractivity contribution in [2.24, 2.45) is 0 Å². The monoisotopic (exact) mass is 406 g/mol. The van der Waals surface area contributed by atoms with Gasteiger partial charge in [0.15, 0.2) is 5.16 Å². The van der Waals surface area contributed by atoms with Crippen molar-refractivity contribution in [2.45, 2.75) is 18.5 Å². The number of hydrogen-bond donors (Lipinski definition) is 1. The van der Waals surface area contributed by atoms with Crippen molar-refractivity contribution >= 4 is 46.6 Å². The van der Waals surface area contributed by atoms with Crippen molar-refractivity contribution in [2.75, 3.05) is 11.1 Å². The molecule has 2 aromatic carbocycles. The van der Waals surface area contributed by atoms with Crippen molar-refractivity contribution in [1.82, 2.24) is 14.8 Å². The highest BCUT2D eigenvalue weighted by atomic mass is 35.5. The molecular weight excluding hydrogens is 391 g/mol. The molecule has 0 radical (unpaired) electrons. The van der Waals surface area contributed by atoms with Gasteiger partial charge in [-0.05, 0) is 30.3 Å². The highest BCUT2D eigenvalue weighted by molar-refractivity contribution is 7.99. The molecule has 0 aliphatic rings. The second-order valence-electron chi connectivity index (χ2n) is 5.38. The van der Waals surface area contributed by atoms with Crippen molar-refractivity contribution in [3.8, 4) is 5.69 Å². The van der Waals surface area contributed by atoms with Crippen LogP contribution < -0.4 is 5.32 Å². The molecule has 0 saturated carbocycles. The average molecular weight is 407 g/mol. The van der Waals surface area contributed by atoms with Gasteiger partial charge < -0.3 is 5.32 Å². The summed E-state index contributed by atoms with van der Waals surface area (Å²) in [6, 6.07) is 14.8. The molecule has 1 heterocycles. The van der Waals surface area contributed by atoms with Crippen LogP contribution in [0.1, 0.15) is 12.7 Å². The second-order valence-corrected chi connectivity index (χ2v) is 7.17. The predicted molar refractivity (Wildman–Crippen MR) is 107 cm³/mol. The molecule has 3 rings (SSSR count). The molecule has 1 amide bonds. The summed E-state index contributed by atoms with van der Waals surface area (Å²) in [6.07, 6.45) is 0.745. The van der Waals surface area contributed by atoms with Crippen LogP contribution in [0.4, 0.5) is 5.69 Å². The van der Waals surface area contributed by atoms with Gasteiger partial charge in [-0.15, -0.1) is 10.2 Å². The fourth-order valence-electron chi connectivity index (χ4n) is 2.37. The molecule has 0 aliphatic heterocycles. The minimum Gasteiger partial charge on any atom is -0.324 e. The standard InChI is InChI=1S/C18H16Cl2N4OS/c1-2-16-22-23-18(24(16)13-6-4-3-5-7-13)26-11-17(25)21-15-9-8-12(19)10-14(15)20/h3-10H,2,11H2,1H3,(H,21,25). The Morgan fingerprint density at radius 3 is 2.62 bits per heavy atom. The molecule has 134 valence electrons. The molecule has 0 aliphatic carbocycles. The van der Waals surface area contributed by atoms with E-state index in [9.17, 15) is 4.79 Å². The first-order valence-electron chi connectivity index (χ1n) is 7.96. The normalized spacial score (nSPS) is 10.7. The van der Waals surface area contributed by atoms with Gasteiger partial charge in [0, 0.05) is 17.1 Å². The van der Waals surface area contributed by atoms with Crippen LogP contribution in [0.5, 0.6) is 0 Å². The SMILES string of the molecule is CCc1nnc(SCC(=O)Nc2ccc(Cl)cc2Cl)n1-c1ccccc1. The molecule has 0 spiro atoms. The Bertz CT molecular complexity index is 915. The van der Waals surface area contributed by atoms with E-state index in [0.717, 1.165) is 17.9 Å². The van der Waals surface area contributed by atoms with Crippen LogP contribution in [0.3, 0.4) is 0 Å². The molecule has 26 heavy (non-hydrogen) atoms. The van der Waals surface area contributed by atoms with Gasteiger partial charge in [0.1, 0.15) is 5.82 Å². The molecule has 1 N–H and O–H groups in total. The molecule has 3 aromatic rings. The van der Waals surface area contributed by atoms with E-state index in [2.05, 4.69) is 15.5 Å². The van der Waals surface area contributed by atoms with Crippen molar-refractivity contribution in [3.05, 3.63) is 64.4 Å². The van der Waals surface area contributed by atoms with Crippen LogP contribution in [0, 0.1) is 0 Å². The number of nitrogens with zero attached hydrogens (tertiary/aromatic N) is 3. The predicted octanol–water partition coefficient (Wildman–Crippen LogP) is 4.87. The van der Waals surface area contributed by atoms with Crippen molar-refractivity contribution in [1.29, 1.82) is 0 Å². The third kappa shape index (κ3) is 4.38. The molecule has 1 aromatic heterocycles. The van der Waals surface area contributed by atoms with Crippen LogP contribution in [-0.4, -0.2) is 26.4 Å². The third-order valence-corrected chi connectivity index (χ3v) is 5.05. The Morgan fingerprint density at radius 2 is 1.92 bits per heavy atom. The minimum absolute atomic E-state index is 0.181. The summed E-state index contributed by atoms with van der Waals surface area (Å²) in [7, 11) is 0. The Hall–Kier alpha value is -2.02. The molecular formula is C18H16Cl2N4OS. The minimum atomic E-state index is -0.181. The number of aryl methyl sites for hydroxylation is 1. The first kappa shape index (κ1) is 18.8. The van der Waals surface area contributed by atoms with Gasteiger partial charge in [0.25, 0.3) is 0 Å². The lowest BCUT2D eigenvalue weighted by Gasteiger charge is -2.10. The largest absolute Gasteiger partial charge is 0.324 e. The van der Waals surface area contributed by atoms with E-state index in [1.54, 1.807) is 18.2 Å². The zero-order valence-electron chi connectivity index (χ0n) is 13.9. The van der Waals surface area contributed by atoms with E-state index in [1.165, 1.54) is 11.8 Å². The third-order valence-electron chi connectivity index (χ3n) is 3.57. The molecule has 5 nitrogen and oxygen atoms in total. The van der Waals surface area contributed by atoms with Gasteiger partial charge >= 0.3 is 0 Å². The lowest BCUT2D eigenvalue weighted by atomic mass is 10.3. The van der Waals surface area contributed by atoms with E-state index in [-0.39, 0.29) is 11.7 Å². The maximum Gasteiger partial charge on any atom is 0.234 e. The summed E-state index contributed by atoms with van der Waals surface area (Å²) in [6.45, 7) is 2.02. The van der Waals surface area contributed by atoms with E-state index >= 15 is 0 Å². The topological polar surface area (TPSA) is 59.8 Å². The Labute approximate surface area is 165 Å². The molecule has 0 bridgehead atoms. The maximum atomic E-state index is 12.3. The number of aromatic nitrogens is 3. The van der Waals surface area contributed by atoms with Gasteiger partial charge in [-0.1, -0.05) is 60.1 Å². The van der Waals surface area contributed by atoms with Gasteiger partial charge in [-0.2, -0.15) is 0 Å². The molecule has 0 fully saturated rings. The number of nitrogens with one attached hydrogen (secondary N) is 1. The van der Waals surface area contributed by atoms with Gasteiger partial charge in [-0.25, -0.2) is 0 Å². The van der Waals surface area contributed by atoms with Crippen molar-refractivity contribution in [3.63, 3.8) is 0 Å². The number of amides is 1. The quantitative estimate of drug-likeness (QED) is 0.593. The number of thioether (sulfide) groups is 1. The van der Waals surface area contributed by atoms with Crippen LogP contribution >= 0.6 is 35.0 Å². The Morgan fingerprint density at radius 1 is 1.15 bits per heavy atom. The highest BCUT2D eigenvalue weighted by Gasteiger charge is 2.15. The summed E-state index contributed by atoms with van der Waals surface area (Å²) in [4.78, 5) is 12.3. The highest BCUT2D eigenvalue weighted by Crippen LogP contribution is 2.26. The Balaban J connectivity index is 1.72. The van der Waals surface area contributed by atoms with Crippen LogP contribution in [-0.2, 0) is 11.2 Å². The van der Waals surface area contributed by atoms with Crippen LogP contribution in [0.15, 0.2) is 53.7 Å². The first-order chi connectivity index (χ1) is 12.6. The average Bonchev–Trinajstić information content (AvgIpc) is 3.06. The smallest absolute Gasteiger partial charge is 0.234 e. The number of para-hydroxylation sites is 1. The van der Waals surface area contributed by atoms with Gasteiger partial charge in [0.05, 0.1) is 16.5 Å². The van der Waals surface area contributed by atoms with E-state index < -0.39 is 0 Å². The summed E-state index contributed by atoms with van der Waals surface area (Å²) < 4.78 is 1.97.